The molecular weight excluding hydrogens is 785 g/mol. The Hall–Kier alpha value is -2.48. The number of hydrogen-bond acceptors (Lipinski definition) is 12. The van der Waals surface area contributed by atoms with E-state index in [0.717, 1.165) is 22.8 Å². The van der Waals surface area contributed by atoms with Crippen molar-refractivity contribution in [1.29, 1.82) is 0 Å². The van der Waals surface area contributed by atoms with E-state index in [0.29, 0.717) is 55.1 Å². The largest absolute Gasteiger partial charge is 1.00 e. The van der Waals surface area contributed by atoms with Crippen LogP contribution in [-0.4, -0.2) is 85.9 Å². The summed E-state index contributed by atoms with van der Waals surface area (Å²) >= 11 is 0. The number of methoxy groups -OCH3 is 1. The molecule has 0 atom stereocenters. The summed E-state index contributed by atoms with van der Waals surface area (Å²) in [4.78, 5) is 42.1. The standard InChI is InChI=1S/C38H45N3O11S2.2Na/c1-37(2)28-24-26(53(45,46)47)15-17-30(28)39(21-11-7-10-14-36(44)52-41-34(42)19-20-35(41)43)32(37)12-8-6-9-13-33-38(3,4)29-25-27(54(48,49)50)16-18-31(29)40(33)22-23-51-5;;/h6,8-9,12-13,15-18,24-25H,7,10-11,14,19-23H2,1-5H3,(H-,45,46,47,48,49,50);;/q;2*+1/p-1. The molecule has 56 heavy (non-hydrogen) atoms. The van der Waals surface area contributed by atoms with E-state index in [9.17, 15) is 40.3 Å². The summed E-state index contributed by atoms with van der Waals surface area (Å²) in [6, 6.07) is 8.73. The molecule has 3 heterocycles. The molecule has 2 aromatic carbocycles. The monoisotopic (exact) mass is 828 g/mol. The van der Waals surface area contributed by atoms with Gasteiger partial charge in [-0.1, -0.05) is 32.1 Å². The van der Waals surface area contributed by atoms with Crippen molar-refractivity contribution in [2.45, 2.75) is 86.8 Å². The molecule has 2 amide bonds. The number of allylic oxidation sites excluding steroid dienone is 6. The van der Waals surface area contributed by atoms with Crippen molar-refractivity contribution in [2.75, 3.05) is 31.7 Å². The summed E-state index contributed by atoms with van der Waals surface area (Å²) in [5, 5.41) is 0.533. The Labute approximate surface area is 372 Å². The minimum atomic E-state index is -4.70. The molecule has 0 bridgehead atoms. The number of unbranched alkanes of at least 4 members (excludes halogenated alkanes) is 2. The third-order valence-electron chi connectivity index (χ3n) is 10.0. The first kappa shape index (κ1) is 47.9. The second-order valence-corrected chi connectivity index (χ2v) is 17.1. The van der Waals surface area contributed by atoms with Gasteiger partial charge in [0.15, 0.2) is 5.71 Å². The number of carbonyl (C=O) groups is 3. The van der Waals surface area contributed by atoms with Gasteiger partial charge in [-0.25, -0.2) is 21.6 Å². The molecule has 0 spiro atoms. The molecule has 3 aliphatic rings. The maximum atomic E-state index is 12.3. The first-order chi connectivity index (χ1) is 25.3. The van der Waals surface area contributed by atoms with Crippen molar-refractivity contribution < 1.29 is 114 Å². The number of hydroxylamine groups is 2. The molecule has 0 aliphatic carbocycles. The van der Waals surface area contributed by atoms with Crippen LogP contribution >= 0.6 is 0 Å². The number of ether oxygens (including phenoxy) is 1. The Balaban J connectivity index is 0.00000420. The van der Waals surface area contributed by atoms with Gasteiger partial charge in [0.05, 0.1) is 21.8 Å². The summed E-state index contributed by atoms with van der Waals surface area (Å²) in [7, 11) is -7.76. The van der Waals surface area contributed by atoms with Gasteiger partial charge in [-0.05, 0) is 68.7 Å². The Morgan fingerprint density at radius 2 is 1.45 bits per heavy atom. The van der Waals surface area contributed by atoms with Crippen LogP contribution in [0.3, 0.4) is 0 Å². The molecule has 1 fully saturated rings. The maximum Gasteiger partial charge on any atom is 1.00 e. The Bertz CT molecular complexity index is 2200. The van der Waals surface area contributed by atoms with Gasteiger partial charge >= 0.3 is 65.1 Å². The number of rotatable bonds is 15. The molecule has 18 heteroatoms. The first-order valence-corrected chi connectivity index (χ1v) is 20.3. The van der Waals surface area contributed by atoms with Crippen molar-refractivity contribution >= 4 is 55.1 Å². The van der Waals surface area contributed by atoms with Crippen molar-refractivity contribution in [3.63, 3.8) is 0 Å². The second kappa shape index (κ2) is 19.1. The minimum Gasteiger partial charge on any atom is -0.744 e. The average Bonchev–Trinajstić information content (AvgIpc) is 3.60. The van der Waals surface area contributed by atoms with E-state index in [1.165, 1.54) is 24.3 Å². The fourth-order valence-electron chi connectivity index (χ4n) is 7.16. The van der Waals surface area contributed by atoms with E-state index >= 15 is 0 Å². The third kappa shape index (κ3) is 10.4. The predicted molar refractivity (Wildman–Crippen MR) is 196 cm³/mol. The number of fused-ring (bicyclic) bond motifs is 2. The molecule has 0 saturated carbocycles. The number of carbonyl (C=O) groups excluding carboxylic acids is 3. The van der Waals surface area contributed by atoms with Gasteiger partial charge in [-0.2, -0.15) is 4.58 Å². The van der Waals surface area contributed by atoms with Gasteiger partial charge < -0.3 is 23.6 Å². The SMILES string of the molecule is COCCN1/C(=C/C=C/C=C/C2=[N+](CCCCCC(=O)ON3C(=O)CCC3=O)c3ccc(S(=O)(=O)[O-])cc3C2(C)C)C(C)(C)c2cc(S(=O)(=O)[O-])ccc21.[Na+].[Na+]. The van der Waals surface area contributed by atoms with Crippen LogP contribution in [0.15, 0.2) is 82.3 Å². The topological polar surface area (TPSA) is 194 Å². The van der Waals surface area contributed by atoms with Crippen molar-refractivity contribution in [2.24, 2.45) is 0 Å². The van der Waals surface area contributed by atoms with Crippen LogP contribution in [0.5, 0.6) is 0 Å². The maximum absolute atomic E-state index is 12.3. The Morgan fingerprint density at radius 3 is 2.05 bits per heavy atom. The van der Waals surface area contributed by atoms with E-state index in [4.69, 9.17) is 9.57 Å². The number of benzene rings is 2. The summed E-state index contributed by atoms with van der Waals surface area (Å²) in [6.45, 7) is 9.20. The molecule has 290 valence electrons. The minimum absolute atomic E-state index is 0. The second-order valence-electron chi connectivity index (χ2n) is 14.3. The molecule has 14 nitrogen and oxygen atoms in total. The van der Waals surface area contributed by atoms with Crippen LogP contribution in [0.2, 0.25) is 0 Å². The smallest absolute Gasteiger partial charge is 0.744 e. The van der Waals surface area contributed by atoms with Gasteiger partial charge in [0, 0.05) is 73.8 Å². The zero-order valence-corrected chi connectivity index (χ0v) is 38.5. The third-order valence-corrected chi connectivity index (χ3v) is 11.7. The molecule has 0 N–H and O–H groups in total. The van der Waals surface area contributed by atoms with E-state index < -0.39 is 48.8 Å². The fourth-order valence-corrected chi connectivity index (χ4v) is 8.16. The first-order valence-electron chi connectivity index (χ1n) is 17.5. The number of nitrogens with zero attached hydrogens (tertiary/aromatic N) is 3. The normalized spacial score (nSPS) is 18.2. The van der Waals surface area contributed by atoms with Crippen LogP contribution < -0.4 is 64.0 Å². The van der Waals surface area contributed by atoms with E-state index in [-0.39, 0.29) is 88.2 Å². The number of amides is 2. The van der Waals surface area contributed by atoms with E-state index in [1.54, 1.807) is 19.2 Å². The molecule has 5 rings (SSSR count). The molecule has 0 unspecified atom stereocenters. The van der Waals surface area contributed by atoms with Crippen LogP contribution in [0.25, 0.3) is 0 Å². The molecule has 2 aromatic rings. The quantitative estimate of drug-likeness (QED) is 0.0504. The van der Waals surface area contributed by atoms with Crippen LogP contribution in [0, 0.1) is 0 Å². The molecule has 0 radical (unpaired) electrons. The van der Waals surface area contributed by atoms with Crippen molar-refractivity contribution in [1.82, 2.24) is 5.06 Å². The van der Waals surface area contributed by atoms with Crippen molar-refractivity contribution in [3.8, 4) is 0 Å². The van der Waals surface area contributed by atoms with Gasteiger partial charge in [0.2, 0.25) is 5.69 Å². The predicted octanol–water partition coefficient (Wildman–Crippen LogP) is -1.51. The molecule has 1 saturated heterocycles. The summed E-state index contributed by atoms with van der Waals surface area (Å²) in [5.74, 6) is -1.74. The summed E-state index contributed by atoms with van der Waals surface area (Å²) < 4.78 is 78.6. The molecule has 0 aromatic heterocycles. The van der Waals surface area contributed by atoms with Crippen LogP contribution in [0.4, 0.5) is 11.4 Å². The van der Waals surface area contributed by atoms with E-state index in [2.05, 4.69) is 4.58 Å². The average molecular weight is 829 g/mol. The van der Waals surface area contributed by atoms with Crippen LogP contribution in [0.1, 0.15) is 77.3 Å². The van der Waals surface area contributed by atoms with Gasteiger partial charge in [0.25, 0.3) is 11.8 Å². The summed E-state index contributed by atoms with van der Waals surface area (Å²) in [5.41, 5.74) is 3.30. The van der Waals surface area contributed by atoms with Crippen molar-refractivity contribution in [3.05, 3.63) is 83.6 Å². The zero-order chi connectivity index (χ0) is 39.6. The van der Waals surface area contributed by atoms with E-state index in [1.807, 2.05) is 63.0 Å². The van der Waals surface area contributed by atoms with Crippen LogP contribution in [-0.2, 0) is 55.0 Å². The number of anilines is 1. The van der Waals surface area contributed by atoms with Gasteiger partial charge in [-0.3, -0.25) is 9.59 Å². The zero-order valence-electron chi connectivity index (χ0n) is 32.9. The van der Waals surface area contributed by atoms with Gasteiger partial charge in [-0.15, -0.1) is 5.06 Å². The summed E-state index contributed by atoms with van der Waals surface area (Å²) in [6.07, 6.45) is 11.1. The Kier molecular flexibility index (Phi) is 16.3. The number of hydrogen-bond donors (Lipinski definition) is 0. The fraction of sp³-hybridized carbons (Fsp3) is 0.421. The number of imide groups is 1. The van der Waals surface area contributed by atoms with Gasteiger partial charge in [0.1, 0.15) is 26.8 Å². The Morgan fingerprint density at radius 1 is 0.839 bits per heavy atom. The molecular formula is C38H44N3Na2O11S2+. The molecule has 3 aliphatic heterocycles.